The first-order valence-corrected chi connectivity index (χ1v) is 42.5. The second-order valence-electron chi connectivity index (χ2n) is 27.3. The van der Waals surface area contributed by atoms with Crippen molar-refractivity contribution in [2.45, 2.75) is 400 Å². The molecule has 3 unspecified atom stereocenters. The lowest BCUT2D eigenvalue weighted by Crippen LogP contribution is -2.30. The zero-order valence-corrected chi connectivity index (χ0v) is 63.8. The summed E-state index contributed by atoms with van der Waals surface area (Å²) in [5, 5.41) is 10.6. The van der Waals surface area contributed by atoms with Gasteiger partial charge in [0.1, 0.15) is 19.3 Å². The quantitative estimate of drug-likeness (QED) is 0.0169. The van der Waals surface area contributed by atoms with E-state index in [9.17, 15) is 43.2 Å². The molecule has 3 N–H and O–H groups in total. The van der Waals surface area contributed by atoms with Gasteiger partial charge in [-0.15, -0.1) is 0 Å². The number of carbonyl (C=O) groups excluding carboxylic acids is 4. The number of phosphoric acid groups is 2. The highest BCUT2D eigenvalue weighted by atomic mass is 31.2. The van der Waals surface area contributed by atoms with E-state index in [1.165, 1.54) is 180 Å². The monoisotopic (exact) mass is 1410 g/mol. The van der Waals surface area contributed by atoms with Gasteiger partial charge in [0.15, 0.2) is 12.2 Å². The molecule has 0 saturated carbocycles. The average Bonchev–Trinajstić information content (AvgIpc) is 1.46. The van der Waals surface area contributed by atoms with E-state index in [1.54, 1.807) is 0 Å². The number of unbranched alkanes of at least 4 members (excludes halogenated alkanes) is 43. The molecule has 0 aliphatic carbocycles. The Bertz CT molecular complexity index is 1940. The Morgan fingerprint density at radius 3 is 0.885 bits per heavy atom. The predicted octanol–water partition coefficient (Wildman–Crippen LogP) is 22.4. The first-order chi connectivity index (χ1) is 46.6. The third kappa shape index (κ3) is 68.7. The summed E-state index contributed by atoms with van der Waals surface area (Å²) in [7, 11) is -9.92. The molecule has 17 nitrogen and oxygen atoms in total. The van der Waals surface area contributed by atoms with Gasteiger partial charge in [0.2, 0.25) is 0 Å². The molecule has 566 valence electrons. The average molecular weight is 1410 g/mol. The molecular formula is C77H146O17P2. The van der Waals surface area contributed by atoms with Crippen molar-refractivity contribution >= 4 is 39.5 Å². The zero-order chi connectivity index (χ0) is 70.5. The van der Waals surface area contributed by atoms with Crippen molar-refractivity contribution in [2.24, 2.45) is 5.92 Å². The van der Waals surface area contributed by atoms with Gasteiger partial charge in [-0.1, -0.05) is 329 Å². The van der Waals surface area contributed by atoms with E-state index in [4.69, 9.17) is 37.0 Å². The number of phosphoric ester groups is 2. The Labute approximate surface area is 586 Å². The lowest BCUT2D eigenvalue weighted by molar-refractivity contribution is -0.161. The Balaban J connectivity index is 5.28. The normalized spacial score (nSPS) is 14.4. The first kappa shape index (κ1) is 93.5. The van der Waals surface area contributed by atoms with E-state index in [-0.39, 0.29) is 25.7 Å². The fraction of sp³-hybridized carbons (Fsp3) is 0.896. The minimum atomic E-state index is -4.96. The second kappa shape index (κ2) is 69.6. The van der Waals surface area contributed by atoms with Crippen molar-refractivity contribution in [3.05, 3.63) is 24.3 Å². The van der Waals surface area contributed by atoms with Crippen molar-refractivity contribution in [3.8, 4) is 0 Å². The molecule has 0 rings (SSSR count). The number of allylic oxidation sites excluding steroid dienone is 4. The number of rotatable bonds is 75. The fourth-order valence-corrected chi connectivity index (χ4v) is 12.9. The van der Waals surface area contributed by atoms with E-state index in [2.05, 4.69) is 58.9 Å². The highest BCUT2D eigenvalue weighted by Gasteiger charge is 2.30. The Hall–Kier alpha value is -2.46. The summed E-state index contributed by atoms with van der Waals surface area (Å²) in [6.07, 6.45) is 61.8. The molecule has 0 aliphatic heterocycles. The molecule has 0 heterocycles. The van der Waals surface area contributed by atoms with Crippen LogP contribution in [0.3, 0.4) is 0 Å². The molecule has 0 saturated heterocycles. The van der Waals surface area contributed by atoms with Crippen LogP contribution in [0.5, 0.6) is 0 Å². The molecule has 0 radical (unpaired) electrons. The Morgan fingerprint density at radius 2 is 0.583 bits per heavy atom. The number of aliphatic hydroxyl groups excluding tert-OH is 1. The highest BCUT2D eigenvalue weighted by Crippen LogP contribution is 2.45. The zero-order valence-electron chi connectivity index (χ0n) is 62.0. The van der Waals surface area contributed by atoms with E-state index in [0.717, 1.165) is 121 Å². The molecule has 0 amide bonds. The van der Waals surface area contributed by atoms with Gasteiger partial charge in [0, 0.05) is 25.7 Å². The standard InChI is InChI=1S/C77H146O17P2/c1-6-10-13-16-19-22-25-28-31-32-34-37-40-43-46-53-58-63-76(81)93-72(66-87-74(79)60-55-50-44-41-38-36-33-29-26-23-20-17-14-11-7-2)68-91-95(83,84)89-64-71(78)65-90-96(85,86)92-69-73(67-88-75(80)61-56-51-48-47-49-54-59-70(5)9-4)94-77(82)62-57-52-45-42-39-35-30-27-24-21-18-15-12-8-3/h23,26,29,33,70-73,78H,6-22,24-25,27-28,30-32,34-69H2,1-5H3,(H,83,84)(H,85,86)/b26-23-,33-29-/t70?,71-,72-,73-/m1/s1. The predicted molar refractivity (Wildman–Crippen MR) is 391 cm³/mol. The molecule has 0 aliphatic rings. The minimum absolute atomic E-state index is 0.102. The maximum atomic E-state index is 13.1. The number of carbonyl (C=O) groups is 4. The first-order valence-electron chi connectivity index (χ1n) is 39.5. The molecule has 0 aromatic heterocycles. The van der Waals surface area contributed by atoms with Crippen LogP contribution in [0.15, 0.2) is 24.3 Å². The van der Waals surface area contributed by atoms with Crippen molar-refractivity contribution in [1.82, 2.24) is 0 Å². The third-order valence-electron chi connectivity index (χ3n) is 17.8. The second-order valence-corrected chi connectivity index (χ2v) is 30.2. The van der Waals surface area contributed by atoms with Crippen LogP contribution in [0.2, 0.25) is 0 Å². The van der Waals surface area contributed by atoms with E-state index in [1.807, 2.05) is 0 Å². The summed E-state index contributed by atoms with van der Waals surface area (Å²) in [6.45, 7) is 7.20. The molecule has 6 atom stereocenters. The van der Waals surface area contributed by atoms with E-state index >= 15 is 0 Å². The highest BCUT2D eigenvalue weighted by molar-refractivity contribution is 7.47. The molecule has 19 heteroatoms. The van der Waals surface area contributed by atoms with E-state index < -0.39 is 97.5 Å². The molecule has 96 heavy (non-hydrogen) atoms. The molecule has 0 fully saturated rings. The summed E-state index contributed by atoms with van der Waals surface area (Å²) >= 11 is 0. The van der Waals surface area contributed by atoms with Crippen LogP contribution in [-0.2, 0) is 65.4 Å². The smallest absolute Gasteiger partial charge is 0.462 e. The van der Waals surface area contributed by atoms with Gasteiger partial charge >= 0.3 is 39.5 Å². The Morgan fingerprint density at radius 1 is 0.333 bits per heavy atom. The lowest BCUT2D eigenvalue weighted by Gasteiger charge is -2.21. The Kier molecular flexibility index (Phi) is 67.8. The van der Waals surface area contributed by atoms with Crippen LogP contribution in [0.25, 0.3) is 0 Å². The number of hydrogen-bond acceptors (Lipinski definition) is 15. The van der Waals surface area contributed by atoms with Gasteiger partial charge in [-0.05, 0) is 57.3 Å². The fourth-order valence-electron chi connectivity index (χ4n) is 11.3. The van der Waals surface area contributed by atoms with Crippen LogP contribution in [-0.4, -0.2) is 96.7 Å². The van der Waals surface area contributed by atoms with Gasteiger partial charge < -0.3 is 33.8 Å². The topological polar surface area (TPSA) is 237 Å². The van der Waals surface area contributed by atoms with Gasteiger partial charge in [0.25, 0.3) is 0 Å². The summed E-state index contributed by atoms with van der Waals surface area (Å²) in [6, 6.07) is 0. The van der Waals surface area contributed by atoms with Crippen LogP contribution in [0, 0.1) is 5.92 Å². The van der Waals surface area contributed by atoms with E-state index in [0.29, 0.717) is 25.7 Å². The van der Waals surface area contributed by atoms with Crippen LogP contribution >= 0.6 is 15.6 Å². The summed E-state index contributed by atoms with van der Waals surface area (Å²) in [5.74, 6) is -1.41. The maximum absolute atomic E-state index is 13.1. The number of ether oxygens (including phenoxy) is 4. The van der Waals surface area contributed by atoms with Gasteiger partial charge in [-0.25, -0.2) is 9.13 Å². The summed E-state index contributed by atoms with van der Waals surface area (Å²) < 4.78 is 68.5. The molecule has 0 aromatic carbocycles. The summed E-state index contributed by atoms with van der Waals surface area (Å²) in [4.78, 5) is 72.8. The number of aliphatic hydroxyl groups is 1. The lowest BCUT2D eigenvalue weighted by atomic mass is 10.00. The van der Waals surface area contributed by atoms with Gasteiger partial charge in [-0.2, -0.15) is 0 Å². The number of hydrogen-bond donors (Lipinski definition) is 3. The van der Waals surface area contributed by atoms with Crippen LogP contribution in [0.1, 0.15) is 381 Å². The van der Waals surface area contributed by atoms with Crippen molar-refractivity contribution < 1.29 is 80.2 Å². The van der Waals surface area contributed by atoms with Crippen LogP contribution < -0.4 is 0 Å². The molecule has 0 aromatic rings. The third-order valence-corrected chi connectivity index (χ3v) is 19.7. The maximum Gasteiger partial charge on any atom is 0.472 e. The van der Waals surface area contributed by atoms with Crippen molar-refractivity contribution in [3.63, 3.8) is 0 Å². The minimum Gasteiger partial charge on any atom is -0.462 e. The largest absolute Gasteiger partial charge is 0.472 e. The molecule has 0 bridgehead atoms. The van der Waals surface area contributed by atoms with Gasteiger partial charge in [0.05, 0.1) is 26.4 Å². The number of esters is 4. The van der Waals surface area contributed by atoms with Gasteiger partial charge in [-0.3, -0.25) is 37.3 Å². The van der Waals surface area contributed by atoms with Crippen molar-refractivity contribution in [1.29, 1.82) is 0 Å². The molecular weight excluding hydrogens is 1260 g/mol. The summed E-state index contributed by atoms with van der Waals surface area (Å²) in [5.41, 5.74) is 0. The van der Waals surface area contributed by atoms with Crippen molar-refractivity contribution in [2.75, 3.05) is 39.6 Å². The molecule has 0 spiro atoms. The SMILES string of the molecule is CCCCCC/C=C\C=C/CCCCCCCC(=O)OC[C@H](COP(=O)(O)OC[C@@H](O)COP(=O)(O)OC[C@@H](COC(=O)CCCCCCCCC(C)CC)OC(=O)CCCCCCCCCCCCCCCC)OC(=O)CCCCCCCCCCCCCCCCCCC. The van der Waals surface area contributed by atoms with Crippen LogP contribution in [0.4, 0.5) is 0 Å².